The second-order valence-corrected chi connectivity index (χ2v) is 5.35. The third-order valence-electron chi connectivity index (χ3n) is 3.98. The molecule has 2 unspecified atom stereocenters. The Balaban J connectivity index is 2.01. The first-order valence-corrected chi connectivity index (χ1v) is 6.93. The molecule has 2 rings (SSSR count). The van der Waals surface area contributed by atoms with Crippen molar-refractivity contribution in [2.45, 2.75) is 38.3 Å². The van der Waals surface area contributed by atoms with E-state index in [0.717, 1.165) is 31.5 Å². The van der Waals surface area contributed by atoms with E-state index in [0.29, 0.717) is 12.0 Å². The van der Waals surface area contributed by atoms with Crippen LogP contribution in [0.25, 0.3) is 0 Å². The van der Waals surface area contributed by atoms with Gasteiger partial charge in [-0.25, -0.2) is 8.78 Å². The van der Waals surface area contributed by atoms with Gasteiger partial charge in [-0.05, 0) is 44.0 Å². The number of halogens is 2. The fourth-order valence-corrected chi connectivity index (χ4v) is 2.50. The molecule has 1 aliphatic heterocycles. The molecule has 1 aromatic carbocycles. The largest absolute Gasteiger partial charge is 0.339 e. The zero-order valence-corrected chi connectivity index (χ0v) is 11.8. The number of carbonyl (C=O) groups is 1. The topological polar surface area (TPSA) is 32.3 Å². The van der Waals surface area contributed by atoms with Crippen molar-refractivity contribution in [2.75, 3.05) is 13.6 Å². The molecule has 5 heteroatoms. The number of benzene rings is 1. The summed E-state index contributed by atoms with van der Waals surface area (Å²) in [6.45, 7) is 2.77. The first kappa shape index (κ1) is 14.9. The summed E-state index contributed by atoms with van der Waals surface area (Å²) in [5.74, 6) is -1.74. The van der Waals surface area contributed by atoms with Crippen molar-refractivity contribution in [3.8, 4) is 0 Å². The Hall–Kier alpha value is -1.49. The molecule has 0 aliphatic carbocycles. The molecule has 1 aliphatic rings. The van der Waals surface area contributed by atoms with E-state index in [1.54, 1.807) is 11.9 Å². The fourth-order valence-electron chi connectivity index (χ4n) is 2.50. The minimum absolute atomic E-state index is 0.0154. The van der Waals surface area contributed by atoms with E-state index >= 15 is 0 Å². The van der Waals surface area contributed by atoms with E-state index < -0.39 is 11.6 Å². The molecule has 110 valence electrons. The highest BCUT2D eigenvalue weighted by Crippen LogP contribution is 2.22. The van der Waals surface area contributed by atoms with Crippen molar-refractivity contribution >= 4 is 5.91 Å². The van der Waals surface area contributed by atoms with Crippen molar-refractivity contribution in [3.05, 3.63) is 35.4 Å². The molecule has 1 fully saturated rings. The van der Waals surface area contributed by atoms with Crippen LogP contribution in [0, 0.1) is 11.6 Å². The molecular weight excluding hydrogens is 262 g/mol. The Bertz CT molecular complexity index is 487. The van der Waals surface area contributed by atoms with Gasteiger partial charge in [0.1, 0.15) is 0 Å². The Labute approximate surface area is 118 Å². The van der Waals surface area contributed by atoms with Crippen LogP contribution in [0.15, 0.2) is 18.2 Å². The normalized spacial score (nSPS) is 19.9. The van der Waals surface area contributed by atoms with Gasteiger partial charge < -0.3 is 10.2 Å². The smallest absolute Gasteiger partial charge is 0.224 e. The molecule has 0 radical (unpaired) electrons. The zero-order chi connectivity index (χ0) is 14.7. The summed E-state index contributed by atoms with van der Waals surface area (Å²) in [5.41, 5.74) is 0.596. The lowest BCUT2D eigenvalue weighted by Gasteiger charge is -2.26. The van der Waals surface area contributed by atoms with Crippen molar-refractivity contribution in [1.82, 2.24) is 10.2 Å². The molecule has 1 aromatic rings. The molecule has 0 aromatic heterocycles. The molecule has 3 nitrogen and oxygen atoms in total. The SMILES string of the molecule is CC(c1ccc(F)c(F)c1)N(C)C(=O)CC1CCCN1. The van der Waals surface area contributed by atoms with Crippen LogP contribution in [0.2, 0.25) is 0 Å². The van der Waals surface area contributed by atoms with Crippen LogP contribution in [0.5, 0.6) is 0 Å². The maximum Gasteiger partial charge on any atom is 0.224 e. The Morgan fingerprint density at radius 1 is 1.45 bits per heavy atom. The van der Waals surface area contributed by atoms with Gasteiger partial charge in [-0.1, -0.05) is 6.07 Å². The van der Waals surface area contributed by atoms with Gasteiger partial charge in [-0.2, -0.15) is 0 Å². The summed E-state index contributed by atoms with van der Waals surface area (Å²) < 4.78 is 26.2. The Morgan fingerprint density at radius 2 is 2.20 bits per heavy atom. The molecular formula is C15H20F2N2O. The fraction of sp³-hybridized carbons (Fsp3) is 0.533. The minimum atomic E-state index is -0.882. The van der Waals surface area contributed by atoms with Crippen LogP contribution in [0.4, 0.5) is 8.78 Å². The predicted molar refractivity (Wildman–Crippen MR) is 73.2 cm³/mol. The maximum atomic E-state index is 13.2. The van der Waals surface area contributed by atoms with Crippen molar-refractivity contribution < 1.29 is 13.6 Å². The van der Waals surface area contributed by atoms with E-state index in [1.165, 1.54) is 6.07 Å². The highest BCUT2D eigenvalue weighted by molar-refractivity contribution is 5.77. The maximum absolute atomic E-state index is 13.2. The predicted octanol–water partition coefficient (Wildman–Crippen LogP) is 2.63. The van der Waals surface area contributed by atoms with Gasteiger partial charge in [0, 0.05) is 19.5 Å². The van der Waals surface area contributed by atoms with Gasteiger partial charge in [-0.3, -0.25) is 4.79 Å². The first-order valence-electron chi connectivity index (χ1n) is 6.93. The van der Waals surface area contributed by atoms with E-state index in [9.17, 15) is 13.6 Å². The van der Waals surface area contributed by atoms with E-state index in [2.05, 4.69) is 5.32 Å². The molecule has 1 N–H and O–H groups in total. The average molecular weight is 282 g/mol. The lowest BCUT2D eigenvalue weighted by atomic mass is 10.1. The summed E-state index contributed by atoms with van der Waals surface area (Å²) in [6, 6.07) is 3.72. The summed E-state index contributed by atoms with van der Waals surface area (Å²) in [6.07, 6.45) is 2.56. The van der Waals surface area contributed by atoms with Crippen LogP contribution < -0.4 is 5.32 Å². The number of amides is 1. The lowest BCUT2D eigenvalue weighted by Crippen LogP contribution is -2.35. The number of nitrogens with zero attached hydrogens (tertiary/aromatic N) is 1. The highest BCUT2D eigenvalue weighted by atomic mass is 19.2. The summed E-state index contributed by atoms with van der Waals surface area (Å²) in [4.78, 5) is 13.8. The van der Waals surface area contributed by atoms with E-state index in [1.807, 2.05) is 6.92 Å². The van der Waals surface area contributed by atoms with Crippen LogP contribution in [-0.4, -0.2) is 30.4 Å². The summed E-state index contributed by atoms with van der Waals surface area (Å²) >= 11 is 0. The molecule has 0 bridgehead atoms. The monoisotopic (exact) mass is 282 g/mol. The molecule has 1 saturated heterocycles. The quantitative estimate of drug-likeness (QED) is 0.920. The van der Waals surface area contributed by atoms with Gasteiger partial charge in [0.2, 0.25) is 5.91 Å². The second-order valence-electron chi connectivity index (χ2n) is 5.35. The second kappa shape index (κ2) is 6.31. The number of nitrogens with one attached hydrogen (secondary N) is 1. The van der Waals surface area contributed by atoms with Gasteiger partial charge in [-0.15, -0.1) is 0 Å². The summed E-state index contributed by atoms with van der Waals surface area (Å²) in [7, 11) is 1.70. The average Bonchev–Trinajstić information content (AvgIpc) is 2.93. The number of rotatable bonds is 4. The molecule has 1 amide bonds. The van der Waals surface area contributed by atoms with Crippen LogP contribution in [0.3, 0.4) is 0 Å². The van der Waals surface area contributed by atoms with E-state index in [-0.39, 0.29) is 18.0 Å². The summed E-state index contributed by atoms with van der Waals surface area (Å²) in [5, 5.41) is 3.28. The Kier molecular flexibility index (Phi) is 4.70. The van der Waals surface area contributed by atoms with Crippen molar-refractivity contribution in [2.24, 2.45) is 0 Å². The molecule has 20 heavy (non-hydrogen) atoms. The van der Waals surface area contributed by atoms with Crippen molar-refractivity contribution in [3.63, 3.8) is 0 Å². The van der Waals surface area contributed by atoms with Crippen LogP contribution in [0.1, 0.15) is 37.8 Å². The number of hydrogen-bond acceptors (Lipinski definition) is 2. The number of carbonyl (C=O) groups excluding carboxylic acids is 1. The van der Waals surface area contributed by atoms with Gasteiger partial charge >= 0.3 is 0 Å². The third kappa shape index (κ3) is 3.33. The standard InChI is InChI=1S/C15H20F2N2O/c1-10(11-5-6-13(16)14(17)8-11)19(2)15(20)9-12-4-3-7-18-12/h5-6,8,10,12,18H,3-4,7,9H2,1-2H3. The van der Waals surface area contributed by atoms with Crippen LogP contribution >= 0.6 is 0 Å². The first-order chi connectivity index (χ1) is 9.49. The molecule has 0 saturated carbocycles. The van der Waals surface area contributed by atoms with Crippen LogP contribution in [-0.2, 0) is 4.79 Å². The lowest BCUT2D eigenvalue weighted by molar-refractivity contribution is -0.132. The van der Waals surface area contributed by atoms with Gasteiger partial charge in [0.25, 0.3) is 0 Å². The molecule has 0 spiro atoms. The van der Waals surface area contributed by atoms with Crippen molar-refractivity contribution in [1.29, 1.82) is 0 Å². The third-order valence-corrected chi connectivity index (χ3v) is 3.98. The zero-order valence-electron chi connectivity index (χ0n) is 11.8. The minimum Gasteiger partial charge on any atom is -0.339 e. The van der Waals surface area contributed by atoms with E-state index in [4.69, 9.17) is 0 Å². The number of hydrogen-bond donors (Lipinski definition) is 1. The highest BCUT2D eigenvalue weighted by Gasteiger charge is 2.23. The molecule has 1 heterocycles. The van der Waals surface area contributed by atoms with Gasteiger partial charge in [0.15, 0.2) is 11.6 Å². The Morgan fingerprint density at radius 3 is 2.80 bits per heavy atom. The van der Waals surface area contributed by atoms with Gasteiger partial charge in [0.05, 0.1) is 6.04 Å². The molecule has 2 atom stereocenters.